The normalized spacial score (nSPS) is 11.5. The smallest absolute Gasteiger partial charge is 0.220 e. The highest BCUT2D eigenvalue weighted by Crippen LogP contribution is 2.25. The van der Waals surface area contributed by atoms with Gasteiger partial charge in [-0.3, -0.25) is 4.79 Å². The third kappa shape index (κ3) is 5.04. The summed E-state index contributed by atoms with van der Waals surface area (Å²) in [5.74, 6) is -0.120. The molecule has 4 rings (SSSR count). The molecule has 0 amide bonds. The molecule has 0 saturated heterocycles. The second-order valence-corrected chi connectivity index (χ2v) is 8.61. The van der Waals surface area contributed by atoms with Crippen LogP contribution >= 0.6 is 12.2 Å². The van der Waals surface area contributed by atoms with Crippen LogP contribution in [0, 0.1) is 25.5 Å². The Hall–Kier alpha value is -3.70. The predicted molar refractivity (Wildman–Crippen MR) is 137 cm³/mol. The van der Waals surface area contributed by atoms with Crippen molar-refractivity contribution in [3.8, 4) is 11.3 Å². The monoisotopic (exact) mass is 451 g/mol. The van der Waals surface area contributed by atoms with Gasteiger partial charge in [0, 0.05) is 17.3 Å². The molecule has 0 radical (unpaired) electrons. The first kappa shape index (κ1) is 22.5. The quantitative estimate of drug-likeness (QED) is 0.192. The van der Waals surface area contributed by atoms with E-state index in [4.69, 9.17) is 12.2 Å². The molecule has 1 heterocycles. The van der Waals surface area contributed by atoms with E-state index in [0.717, 1.165) is 28.0 Å². The highest BCUT2D eigenvalue weighted by atomic mass is 32.1. The zero-order valence-electron chi connectivity index (χ0n) is 19.2. The highest BCUT2D eigenvalue weighted by molar-refractivity contribution is 7.71. The third-order valence-corrected chi connectivity index (χ3v) is 5.80. The predicted octanol–water partition coefficient (Wildman–Crippen LogP) is 6.71. The Labute approximate surface area is 199 Å². The van der Waals surface area contributed by atoms with Crippen molar-refractivity contribution < 1.29 is 4.79 Å². The van der Waals surface area contributed by atoms with Gasteiger partial charge < -0.3 is 0 Å². The summed E-state index contributed by atoms with van der Waals surface area (Å²) in [6.45, 7) is 7.98. The van der Waals surface area contributed by atoms with Gasteiger partial charge in [0.25, 0.3) is 0 Å². The minimum Gasteiger partial charge on any atom is -0.288 e. The number of nitrogens with zero attached hydrogens (tertiary/aromatic N) is 3. The first-order valence-corrected chi connectivity index (χ1v) is 11.2. The van der Waals surface area contributed by atoms with Gasteiger partial charge in [-0.15, -0.1) is 0 Å². The maximum absolute atomic E-state index is 13.5. The molecule has 0 saturated carbocycles. The van der Waals surface area contributed by atoms with Gasteiger partial charge in [-0.2, -0.15) is 5.10 Å². The molecule has 0 aliphatic heterocycles. The molecule has 0 aliphatic carbocycles. The zero-order valence-corrected chi connectivity index (χ0v) is 20.0. The first-order valence-electron chi connectivity index (χ1n) is 10.8. The van der Waals surface area contributed by atoms with Crippen LogP contribution in [0.2, 0.25) is 0 Å². The minimum absolute atomic E-state index is 0.120. The second kappa shape index (κ2) is 9.43. The number of carbonyl (C=O) groups is 1. The molecule has 164 valence electrons. The Kier molecular flexibility index (Phi) is 6.43. The summed E-state index contributed by atoms with van der Waals surface area (Å²) in [6, 6.07) is 23.6. The SMILES string of the molecule is C/C(=N\n1cc(C(=O)c2ccc(C)cc2)c(-c2ccc(C)cc2)nc1=S)c1ccc(C)cc1. The second-order valence-electron chi connectivity index (χ2n) is 8.24. The van der Waals surface area contributed by atoms with Crippen molar-refractivity contribution >= 4 is 23.7 Å². The van der Waals surface area contributed by atoms with E-state index in [9.17, 15) is 4.79 Å². The van der Waals surface area contributed by atoms with E-state index in [0.29, 0.717) is 16.8 Å². The Bertz CT molecular complexity index is 1400. The summed E-state index contributed by atoms with van der Waals surface area (Å²) in [5, 5.41) is 4.67. The maximum atomic E-state index is 13.5. The Morgan fingerprint density at radius 2 is 1.27 bits per heavy atom. The van der Waals surface area contributed by atoms with Crippen LogP contribution in [0.5, 0.6) is 0 Å². The summed E-state index contributed by atoms with van der Waals surface area (Å²) < 4.78 is 1.81. The van der Waals surface area contributed by atoms with Crippen molar-refractivity contribution in [3.63, 3.8) is 0 Å². The van der Waals surface area contributed by atoms with Gasteiger partial charge in [0.05, 0.1) is 17.0 Å². The minimum atomic E-state index is -0.120. The van der Waals surface area contributed by atoms with Crippen molar-refractivity contribution in [2.75, 3.05) is 0 Å². The van der Waals surface area contributed by atoms with Gasteiger partial charge >= 0.3 is 0 Å². The van der Waals surface area contributed by atoms with Crippen LogP contribution in [0.1, 0.15) is 45.1 Å². The Morgan fingerprint density at radius 1 is 0.788 bits per heavy atom. The number of aryl methyl sites for hydroxylation is 3. The average molecular weight is 452 g/mol. The molecular formula is C28H25N3OS. The topological polar surface area (TPSA) is 47.2 Å². The van der Waals surface area contributed by atoms with Crippen LogP contribution in [-0.4, -0.2) is 21.2 Å². The maximum Gasteiger partial charge on any atom is 0.220 e. The third-order valence-electron chi connectivity index (χ3n) is 5.52. The average Bonchev–Trinajstić information content (AvgIpc) is 2.81. The molecule has 33 heavy (non-hydrogen) atoms. The molecule has 0 unspecified atom stereocenters. The van der Waals surface area contributed by atoms with Crippen LogP contribution in [0.3, 0.4) is 0 Å². The molecule has 5 heteroatoms. The van der Waals surface area contributed by atoms with Crippen molar-refractivity contribution in [2.24, 2.45) is 5.10 Å². The van der Waals surface area contributed by atoms with Gasteiger partial charge in [-0.25, -0.2) is 9.66 Å². The van der Waals surface area contributed by atoms with Gasteiger partial charge in [0.15, 0.2) is 5.78 Å². The zero-order chi connectivity index (χ0) is 23.5. The number of hydrogen-bond acceptors (Lipinski definition) is 4. The van der Waals surface area contributed by atoms with E-state index >= 15 is 0 Å². The standard InChI is InChI=1S/C28H25N3OS/c1-18-5-11-22(12-6-18)21(4)30-31-17-25(27(32)24-15-9-20(3)10-16-24)26(29-28(31)33)23-13-7-19(2)8-14-23/h5-17H,1-4H3/b30-21+. The number of ketones is 1. The lowest BCUT2D eigenvalue weighted by Crippen LogP contribution is -2.11. The van der Waals surface area contributed by atoms with Crippen LogP contribution in [0.25, 0.3) is 11.3 Å². The Balaban J connectivity index is 1.87. The summed E-state index contributed by atoms with van der Waals surface area (Å²) in [7, 11) is 0. The van der Waals surface area contributed by atoms with Gasteiger partial charge in [-0.05, 0) is 45.5 Å². The van der Waals surface area contributed by atoms with Crippen LogP contribution in [0.4, 0.5) is 0 Å². The Morgan fingerprint density at radius 3 is 1.82 bits per heavy atom. The van der Waals surface area contributed by atoms with Crippen molar-refractivity contribution in [2.45, 2.75) is 27.7 Å². The van der Waals surface area contributed by atoms with Crippen LogP contribution in [-0.2, 0) is 0 Å². The molecule has 0 bridgehead atoms. The number of aromatic nitrogens is 2. The van der Waals surface area contributed by atoms with E-state index in [-0.39, 0.29) is 10.6 Å². The largest absolute Gasteiger partial charge is 0.288 e. The summed E-state index contributed by atoms with van der Waals surface area (Å²) in [5.41, 5.74) is 7.62. The molecule has 4 aromatic rings. The van der Waals surface area contributed by atoms with E-state index in [2.05, 4.69) is 10.1 Å². The molecule has 0 fully saturated rings. The van der Waals surface area contributed by atoms with E-state index in [1.54, 1.807) is 6.20 Å². The van der Waals surface area contributed by atoms with Gasteiger partial charge in [0.1, 0.15) is 0 Å². The van der Waals surface area contributed by atoms with Gasteiger partial charge in [-0.1, -0.05) is 89.5 Å². The van der Waals surface area contributed by atoms with E-state index in [1.165, 1.54) is 10.2 Å². The fourth-order valence-electron chi connectivity index (χ4n) is 3.49. The van der Waals surface area contributed by atoms with Crippen molar-refractivity contribution in [1.82, 2.24) is 9.66 Å². The molecule has 0 atom stereocenters. The molecule has 4 nitrogen and oxygen atoms in total. The molecule has 3 aromatic carbocycles. The van der Waals surface area contributed by atoms with Gasteiger partial charge in [0.2, 0.25) is 4.77 Å². The summed E-state index contributed by atoms with van der Waals surface area (Å²) in [4.78, 5) is 18.2. The molecule has 1 aromatic heterocycles. The van der Waals surface area contributed by atoms with Crippen LogP contribution in [0.15, 0.2) is 84.1 Å². The van der Waals surface area contributed by atoms with Crippen molar-refractivity contribution in [3.05, 3.63) is 117 Å². The fourth-order valence-corrected chi connectivity index (χ4v) is 3.67. The van der Waals surface area contributed by atoms with Crippen LogP contribution < -0.4 is 0 Å². The number of benzene rings is 3. The summed E-state index contributed by atoms with van der Waals surface area (Å²) >= 11 is 5.57. The molecule has 0 aliphatic rings. The molecular weight excluding hydrogens is 426 g/mol. The summed E-state index contributed by atoms with van der Waals surface area (Å²) in [6.07, 6.45) is 1.70. The molecule has 0 N–H and O–H groups in total. The highest BCUT2D eigenvalue weighted by Gasteiger charge is 2.18. The number of carbonyl (C=O) groups excluding carboxylic acids is 1. The number of hydrogen-bond donors (Lipinski definition) is 0. The fraction of sp³-hybridized carbons (Fsp3) is 0.143. The van der Waals surface area contributed by atoms with Crippen molar-refractivity contribution in [1.29, 1.82) is 0 Å². The number of rotatable bonds is 5. The lowest BCUT2D eigenvalue weighted by Gasteiger charge is -2.12. The van der Waals surface area contributed by atoms with E-state index in [1.807, 2.05) is 100 Å². The lowest BCUT2D eigenvalue weighted by atomic mass is 9.98. The molecule has 0 spiro atoms. The lowest BCUT2D eigenvalue weighted by molar-refractivity contribution is 0.103. The van der Waals surface area contributed by atoms with E-state index < -0.39 is 0 Å². The first-order chi connectivity index (χ1) is 15.8.